The first-order valence-corrected chi connectivity index (χ1v) is 5.08. The Morgan fingerprint density at radius 1 is 1.38 bits per heavy atom. The van der Waals surface area contributed by atoms with E-state index in [4.69, 9.17) is 15.2 Å². The predicted molar refractivity (Wildman–Crippen MR) is 58.4 cm³/mol. The largest absolute Gasteiger partial charge is 0.486 e. The molecule has 1 amide bonds. The molecule has 0 saturated heterocycles. The van der Waals surface area contributed by atoms with Gasteiger partial charge < -0.3 is 20.5 Å². The molecule has 1 aromatic carbocycles. The fourth-order valence-electron chi connectivity index (χ4n) is 1.71. The molecule has 0 spiro atoms. The van der Waals surface area contributed by atoms with Gasteiger partial charge in [-0.05, 0) is 24.7 Å². The minimum absolute atomic E-state index is 0.417. The Hall–Kier alpha value is -1.75. The molecular weight excluding hydrogens is 208 g/mol. The van der Waals surface area contributed by atoms with Crippen molar-refractivity contribution in [3.63, 3.8) is 0 Å². The number of benzene rings is 1. The van der Waals surface area contributed by atoms with E-state index in [1.807, 2.05) is 0 Å². The second-order valence-electron chi connectivity index (χ2n) is 3.53. The van der Waals surface area contributed by atoms with E-state index >= 15 is 0 Å². The summed E-state index contributed by atoms with van der Waals surface area (Å²) in [5.74, 6) is 0.943. The minimum atomic E-state index is -0.504. The first-order valence-electron chi connectivity index (χ1n) is 5.08. The van der Waals surface area contributed by atoms with Gasteiger partial charge in [-0.25, -0.2) is 0 Å². The van der Waals surface area contributed by atoms with Crippen LogP contribution in [0.15, 0.2) is 18.2 Å². The van der Waals surface area contributed by atoms with Crippen molar-refractivity contribution in [1.29, 1.82) is 0 Å². The van der Waals surface area contributed by atoms with Crippen LogP contribution in [-0.2, 0) is 4.79 Å². The maximum Gasteiger partial charge on any atom is 0.239 e. The number of primary amides is 1. The highest BCUT2D eigenvalue weighted by Gasteiger charge is 2.19. The van der Waals surface area contributed by atoms with Crippen LogP contribution in [0.4, 0.5) is 0 Å². The van der Waals surface area contributed by atoms with Crippen molar-refractivity contribution in [1.82, 2.24) is 5.32 Å². The molecular formula is C11H14N2O3. The van der Waals surface area contributed by atoms with Gasteiger partial charge in [0.05, 0.1) is 0 Å². The summed E-state index contributed by atoms with van der Waals surface area (Å²) in [5, 5.41) is 2.85. The third-order valence-corrected chi connectivity index (χ3v) is 2.47. The summed E-state index contributed by atoms with van der Waals surface area (Å²) >= 11 is 0. The summed E-state index contributed by atoms with van der Waals surface area (Å²) in [6.45, 7) is 1.08. The number of carbonyl (C=O) groups is 1. The second kappa shape index (κ2) is 4.40. The van der Waals surface area contributed by atoms with Crippen LogP contribution in [0.2, 0.25) is 0 Å². The van der Waals surface area contributed by atoms with Crippen LogP contribution < -0.4 is 20.5 Å². The third-order valence-electron chi connectivity index (χ3n) is 2.47. The van der Waals surface area contributed by atoms with E-state index in [1.165, 1.54) is 0 Å². The molecule has 86 valence electrons. The highest BCUT2D eigenvalue weighted by molar-refractivity contribution is 5.81. The standard InChI is InChI=1S/C11H14N2O3/c1-13-10(11(12)14)7-2-3-8-9(6-7)16-5-4-15-8/h2-3,6,10,13H,4-5H2,1H3,(H2,12,14). The Bertz CT molecular complexity index is 406. The van der Waals surface area contributed by atoms with Crippen molar-refractivity contribution in [2.75, 3.05) is 20.3 Å². The zero-order valence-electron chi connectivity index (χ0n) is 9.03. The molecule has 3 N–H and O–H groups in total. The fourth-order valence-corrected chi connectivity index (χ4v) is 1.71. The number of hydrogen-bond acceptors (Lipinski definition) is 4. The van der Waals surface area contributed by atoms with E-state index in [-0.39, 0.29) is 0 Å². The van der Waals surface area contributed by atoms with Gasteiger partial charge in [0.1, 0.15) is 19.3 Å². The van der Waals surface area contributed by atoms with Crippen molar-refractivity contribution in [3.8, 4) is 11.5 Å². The summed E-state index contributed by atoms with van der Waals surface area (Å²) in [5.41, 5.74) is 6.06. The molecule has 2 rings (SSSR count). The minimum Gasteiger partial charge on any atom is -0.486 e. The van der Waals surface area contributed by atoms with Gasteiger partial charge in [-0.2, -0.15) is 0 Å². The number of likely N-dealkylation sites (N-methyl/N-ethyl adjacent to an activating group) is 1. The van der Waals surface area contributed by atoms with Gasteiger partial charge >= 0.3 is 0 Å². The lowest BCUT2D eigenvalue weighted by atomic mass is 10.1. The van der Waals surface area contributed by atoms with Gasteiger partial charge in [-0.3, -0.25) is 4.79 Å². The van der Waals surface area contributed by atoms with Crippen molar-refractivity contribution in [2.24, 2.45) is 5.73 Å². The molecule has 0 aromatic heterocycles. The third kappa shape index (κ3) is 1.94. The molecule has 1 atom stereocenters. The van der Waals surface area contributed by atoms with E-state index in [0.29, 0.717) is 24.7 Å². The number of carbonyl (C=O) groups excluding carboxylic acids is 1. The lowest BCUT2D eigenvalue weighted by Gasteiger charge is -2.20. The molecule has 1 aliphatic heterocycles. The highest BCUT2D eigenvalue weighted by Crippen LogP contribution is 2.32. The lowest BCUT2D eigenvalue weighted by Crippen LogP contribution is -2.31. The fraction of sp³-hybridized carbons (Fsp3) is 0.364. The first kappa shape index (κ1) is 10.8. The molecule has 0 radical (unpaired) electrons. The van der Waals surface area contributed by atoms with Gasteiger partial charge in [0.2, 0.25) is 5.91 Å². The van der Waals surface area contributed by atoms with Gasteiger partial charge in [0.15, 0.2) is 11.5 Å². The average Bonchev–Trinajstić information content (AvgIpc) is 2.29. The molecule has 5 heteroatoms. The molecule has 16 heavy (non-hydrogen) atoms. The smallest absolute Gasteiger partial charge is 0.239 e. The van der Waals surface area contributed by atoms with Crippen molar-refractivity contribution in [3.05, 3.63) is 23.8 Å². The molecule has 1 aromatic rings. The van der Waals surface area contributed by atoms with E-state index in [1.54, 1.807) is 25.2 Å². The van der Waals surface area contributed by atoms with Crippen molar-refractivity contribution >= 4 is 5.91 Å². The Morgan fingerprint density at radius 3 is 2.69 bits per heavy atom. The van der Waals surface area contributed by atoms with Crippen molar-refractivity contribution in [2.45, 2.75) is 6.04 Å². The molecule has 1 aliphatic rings. The van der Waals surface area contributed by atoms with Crippen LogP contribution in [0.1, 0.15) is 11.6 Å². The Labute approximate surface area is 93.5 Å². The van der Waals surface area contributed by atoms with Gasteiger partial charge in [0.25, 0.3) is 0 Å². The molecule has 0 fully saturated rings. The van der Waals surface area contributed by atoms with E-state index < -0.39 is 11.9 Å². The predicted octanol–water partition coefficient (Wildman–Crippen LogP) is 0.204. The van der Waals surface area contributed by atoms with Gasteiger partial charge in [-0.15, -0.1) is 0 Å². The molecule has 0 bridgehead atoms. The highest BCUT2D eigenvalue weighted by atomic mass is 16.6. The maximum atomic E-state index is 11.2. The summed E-state index contributed by atoms with van der Waals surface area (Å²) < 4.78 is 10.8. The number of hydrogen-bond donors (Lipinski definition) is 2. The zero-order valence-corrected chi connectivity index (χ0v) is 9.03. The maximum absolute atomic E-state index is 11.2. The van der Waals surface area contributed by atoms with Crippen LogP contribution in [0.5, 0.6) is 11.5 Å². The summed E-state index contributed by atoms with van der Waals surface area (Å²) in [6.07, 6.45) is 0. The monoisotopic (exact) mass is 222 g/mol. The lowest BCUT2D eigenvalue weighted by molar-refractivity contribution is -0.120. The molecule has 1 unspecified atom stereocenters. The van der Waals surface area contributed by atoms with E-state index in [9.17, 15) is 4.79 Å². The molecule has 5 nitrogen and oxygen atoms in total. The Morgan fingerprint density at radius 2 is 2.06 bits per heavy atom. The summed E-state index contributed by atoms with van der Waals surface area (Å²) in [6, 6.07) is 4.87. The van der Waals surface area contributed by atoms with Crippen LogP contribution in [-0.4, -0.2) is 26.2 Å². The van der Waals surface area contributed by atoms with E-state index in [0.717, 1.165) is 5.56 Å². The number of nitrogens with two attached hydrogens (primary N) is 1. The summed E-state index contributed by atoms with van der Waals surface area (Å²) in [7, 11) is 1.69. The molecule has 0 saturated carbocycles. The number of amides is 1. The molecule has 0 aliphatic carbocycles. The van der Waals surface area contributed by atoms with Crippen LogP contribution in [0.3, 0.4) is 0 Å². The normalized spacial score (nSPS) is 15.6. The molecule has 1 heterocycles. The Balaban J connectivity index is 2.32. The quantitative estimate of drug-likeness (QED) is 0.766. The number of rotatable bonds is 3. The SMILES string of the molecule is CNC(C(N)=O)c1ccc2c(c1)OCCO2. The van der Waals surface area contributed by atoms with Gasteiger partial charge in [0, 0.05) is 0 Å². The van der Waals surface area contributed by atoms with E-state index in [2.05, 4.69) is 5.32 Å². The topological polar surface area (TPSA) is 73.6 Å². The second-order valence-corrected chi connectivity index (χ2v) is 3.53. The number of ether oxygens (including phenoxy) is 2. The number of nitrogens with one attached hydrogen (secondary N) is 1. The van der Waals surface area contributed by atoms with Crippen LogP contribution >= 0.6 is 0 Å². The zero-order chi connectivity index (χ0) is 11.5. The van der Waals surface area contributed by atoms with Crippen LogP contribution in [0.25, 0.3) is 0 Å². The van der Waals surface area contributed by atoms with Crippen molar-refractivity contribution < 1.29 is 14.3 Å². The Kier molecular flexibility index (Phi) is 2.96. The first-order chi connectivity index (χ1) is 7.72. The average molecular weight is 222 g/mol. The number of fused-ring (bicyclic) bond motifs is 1. The van der Waals surface area contributed by atoms with Crippen LogP contribution in [0, 0.1) is 0 Å². The summed E-state index contributed by atoms with van der Waals surface area (Å²) in [4.78, 5) is 11.2. The van der Waals surface area contributed by atoms with Gasteiger partial charge in [-0.1, -0.05) is 6.07 Å².